The van der Waals surface area contributed by atoms with E-state index < -0.39 is 5.82 Å². The molecular formula is C8H9FN2OS. The summed E-state index contributed by atoms with van der Waals surface area (Å²) in [6, 6.07) is 3.86. The number of benzene rings is 1. The Bertz CT molecular complexity index is 330. The predicted octanol–water partition coefficient (Wildman–Crippen LogP) is 1.42. The van der Waals surface area contributed by atoms with E-state index in [0.29, 0.717) is 5.56 Å². The minimum atomic E-state index is -0.513. The molecule has 0 aliphatic heterocycles. The summed E-state index contributed by atoms with van der Waals surface area (Å²) >= 11 is 1.18. The maximum atomic E-state index is 12.7. The molecule has 1 aromatic rings. The first-order valence-corrected chi connectivity index (χ1v) is 4.76. The summed E-state index contributed by atoms with van der Waals surface area (Å²) in [7, 11) is 0. The second-order valence-electron chi connectivity index (χ2n) is 2.37. The minimum Gasteiger partial charge on any atom is -0.396 e. The lowest BCUT2D eigenvalue weighted by Crippen LogP contribution is -2.15. The number of nitrogens with one attached hydrogen (secondary N) is 1. The summed E-state index contributed by atoms with van der Waals surface area (Å²) in [4.78, 5) is 11.2. The van der Waals surface area contributed by atoms with Crippen molar-refractivity contribution in [3.8, 4) is 0 Å². The van der Waals surface area contributed by atoms with Crippen LogP contribution in [0.25, 0.3) is 0 Å². The molecule has 0 spiro atoms. The lowest BCUT2D eigenvalue weighted by molar-refractivity contribution is 0.0984. The van der Waals surface area contributed by atoms with Gasteiger partial charge in [-0.1, -0.05) is 11.9 Å². The van der Waals surface area contributed by atoms with Crippen LogP contribution in [0.1, 0.15) is 10.4 Å². The third kappa shape index (κ3) is 2.35. The molecule has 0 aliphatic carbocycles. The number of hydrogen-bond donors (Lipinski definition) is 2. The van der Waals surface area contributed by atoms with Gasteiger partial charge < -0.3 is 5.73 Å². The number of hydrogen-bond acceptors (Lipinski definition) is 3. The number of nitrogens with two attached hydrogens (primary N) is 1. The first-order valence-electron chi connectivity index (χ1n) is 3.53. The highest BCUT2D eigenvalue weighted by Crippen LogP contribution is 2.12. The van der Waals surface area contributed by atoms with Gasteiger partial charge in [0.25, 0.3) is 5.91 Å². The van der Waals surface area contributed by atoms with Crippen LogP contribution in [0.5, 0.6) is 0 Å². The molecule has 13 heavy (non-hydrogen) atoms. The van der Waals surface area contributed by atoms with E-state index in [1.165, 1.54) is 30.1 Å². The van der Waals surface area contributed by atoms with Crippen LogP contribution in [0.15, 0.2) is 18.2 Å². The van der Waals surface area contributed by atoms with E-state index in [4.69, 9.17) is 5.73 Å². The second kappa shape index (κ2) is 4.13. The molecule has 0 aromatic heterocycles. The summed E-state index contributed by atoms with van der Waals surface area (Å²) in [6.07, 6.45) is 1.73. The first-order chi connectivity index (χ1) is 6.15. The fourth-order valence-electron chi connectivity index (χ4n) is 0.837. The molecule has 1 rings (SSSR count). The van der Waals surface area contributed by atoms with Gasteiger partial charge in [0, 0.05) is 11.8 Å². The zero-order chi connectivity index (χ0) is 9.84. The van der Waals surface area contributed by atoms with E-state index in [1.54, 1.807) is 6.26 Å². The van der Waals surface area contributed by atoms with Crippen molar-refractivity contribution < 1.29 is 9.18 Å². The standard InChI is InChI=1S/C8H9FN2OS/c1-13-11-8(12)5-2-3-6(9)7(10)4-5/h2-4H,10H2,1H3,(H,11,12). The van der Waals surface area contributed by atoms with Crippen molar-refractivity contribution >= 4 is 23.5 Å². The molecule has 0 saturated heterocycles. The van der Waals surface area contributed by atoms with E-state index in [2.05, 4.69) is 4.72 Å². The van der Waals surface area contributed by atoms with E-state index in [1.807, 2.05) is 0 Å². The number of carbonyl (C=O) groups excluding carboxylic acids is 1. The molecule has 0 unspecified atom stereocenters. The molecule has 1 amide bonds. The summed E-state index contributed by atoms with van der Waals surface area (Å²) < 4.78 is 15.2. The van der Waals surface area contributed by atoms with E-state index in [0.717, 1.165) is 0 Å². The SMILES string of the molecule is CSNC(=O)c1ccc(F)c(N)c1. The molecule has 1 aromatic carbocycles. The van der Waals surface area contributed by atoms with Crippen molar-refractivity contribution in [3.05, 3.63) is 29.6 Å². The Morgan fingerprint density at radius 3 is 2.85 bits per heavy atom. The normalized spacial score (nSPS) is 9.69. The van der Waals surface area contributed by atoms with Crippen molar-refractivity contribution in [2.75, 3.05) is 12.0 Å². The second-order valence-corrected chi connectivity index (χ2v) is 2.98. The predicted molar refractivity (Wildman–Crippen MR) is 51.8 cm³/mol. The Morgan fingerprint density at radius 2 is 2.31 bits per heavy atom. The molecule has 0 bridgehead atoms. The number of anilines is 1. The van der Waals surface area contributed by atoms with Crippen molar-refractivity contribution in [1.29, 1.82) is 0 Å². The monoisotopic (exact) mass is 200 g/mol. The summed E-state index contributed by atoms with van der Waals surface area (Å²) in [5, 5.41) is 0. The highest BCUT2D eigenvalue weighted by Gasteiger charge is 2.06. The number of carbonyl (C=O) groups is 1. The largest absolute Gasteiger partial charge is 0.396 e. The highest BCUT2D eigenvalue weighted by atomic mass is 32.2. The maximum absolute atomic E-state index is 12.7. The Balaban J connectivity index is 2.90. The third-order valence-electron chi connectivity index (χ3n) is 1.45. The quantitative estimate of drug-likeness (QED) is 0.560. The molecule has 0 radical (unpaired) electrons. The van der Waals surface area contributed by atoms with Crippen LogP contribution in [0.3, 0.4) is 0 Å². The average Bonchev–Trinajstić information content (AvgIpc) is 2.10. The molecule has 0 fully saturated rings. The van der Waals surface area contributed by atoms with Crippen molar-refractivity contribution in [3.63, 3.8) is 0 Å². The van der Waals surface area contributed by atoms with Crippen LogP contribution in [-0.4, -0.2) is 12.2 Å². The van der Waals surface area contributed by atoms with Crippen LogP contribution < -0.4 is 10.5 Å². The van der Waals surface area contributed by atoms with Gasteiger partial charge in [-0.15, -0.1) is 0 Å². The van der Waals surface area contributed by atoms with Crippen molar-refractivity contribution in [2.24, 2.45) is 0 Å². The Labute approximate surface area is 79.6 Å². The molecule has 0 aliphatic rings. The summed E-state index contributed by atoms with van der Waals surface area (Å²) in [5.74, 6) is -0.792. The molecule has 5 heteroatoms. The molecule has 0 atom stereocenters. The molecule has 0 heterocycles. The molecule has 0 saturated carbocycles. The number of rotatable bonds is 2. The average molecular weight is 200 g/mol. The van der Waals surface area contributed by atoms with Crippen molar-refractivity contribution in [2.45, 2.75) is 0 Å². The van der Waals surface area contributed by atoms with Crippen LogP contribution in [0.4, 0.5) is 10.1 Å². The topological polar surface area (TPSA) is 55.1 Å². The zero-order valence-corrected chi connectivity index (χ0v) is 7.82. The third-order valence-corrected chi connectivity index (χ3v) is 1.84. The lowest BCUT2D eigenvalue weighted by Gasteiger charge is -2.02. The fourth-order valence-corrected chi connectivity index (χ4v) is 1.14. The van der Waals surface area contributed by atoms with Gasteiger partial charge in [0.2, 0.25) is 0 Å². The van der Waals surface area contributed by atoms with E-state index >= 15 is 0 Å². The molecular weight excluding hydrogens is 191 g/mol. The lowest BCUT2D eigenvalue weighted by atomic mass is 10.2. The summed E-state index contributed by atoms with van der Waals surface area (Å²) in [6.45, 7) is 0. The van der Waals surface area contributed by atoms with Gasteiger partial charge in [-0.05, 0) is 18.2 Å². The van der Waals surface area contributed by atoms with Crippen LogP contribution >= 0.6 is 11.9 Å². The molecule has 70 valence electrons. The molecule has 3 nitrogen and oxygen atoms in total. The van der Waals surface area contributed by atoms with Crippen LogP contribution in [0, 0.1) is 5.82 Å². The fraction of sp³-hybridized carbons (Fsp3) is 0.125. The Kier molecular flexibility index (Phi) is 3.13. The highest BCUT2D eigenvalue weighted by molar-refractivity contribution is 7.97. The summed E-state index contributed by atoms with van der Waals surface area (Å²) in [5.41, 5.74) is 5.63. The molecule has 3 N–H and O–H groups in total. The van der Waals surface area contributed by atoms with Gasteiger partial charge >= 0.3 is 0 Å². The smallest absolute Gasteiger partial charge is 0.261 e. The maximum Gasteiger partial charge on any atom is 0.261 e. The van der Waals surface area contributed by atoms with Crippen molar-refractivity contribution in [1.82, 2.24) is 4.72 Å². The zero-order valence-electron chi connectivity index (χ0n) is 7.00. The van der Waals surface area contributed by atoms with E-state index in [9.17, 15) is 9.18 Å². The van der Waals surface area contributed by atoms with Gasteiger partial charge in [-0.25, -0.2) is 4.39 Å². The number of amides is 1. The Hall–Kier alpha value is -1.23. The Morgan fingerprint density at radius 1 is 1.62 bits per heavy atom. The van der Waals surface area contributed by atoms with Gasteiger partial charge in [-0.2, -0.15) is 0 Å². The van der Waals surface area contributed by atoms with Gasteiger partial charge in [-0.3, -0.25) is 9.52 Å². The van der Waals surface area contributed by atoms with Crippen LogP contribution in [-0.2, 0) is 0 Å². The van der Waals surface area contributed by atoms with E-state index in [-0.39, 0.29) is 11.6 Å². The van der Waals surface area contributed by atoms with Gasteiger partial charge in [0.15, 0.2) is 0 Å². The first kappa shape index (κ1) is 9.85. The van der Waals surface area contributed by atoms with Gasteiger partial charge in [0.05, 0.1) is 5.69 Å². The number of nitrogen functional groups attached to an aromatic ring is 1. The van der Waals surface area contributed by atoms with Crippen LogP contribution in [0.2, 0.25) is 0 Å². The number of halogens is 1. The minimum absolute atomic E-state index is 0.0197. The van der Waals surface area contributed by atoms with Gasteiger partial charge in [0.1, 0.15) is 5.82 Å².